The van der Waals surface area contributed by atoms with Gasteiger partial charge in [0.25, 0.3) is 5.91 Å². The van der Waals surface area contributed by atoms with Crippen molar-refractivity contribution in [2.75, 3.05) is 32.9 Å². The number of likely N-dealkylation sites (tertiary alicyclic amines) is 1. The molecule has 0 saturated carbocycles. The molecule has 1 aromatic heterocycles. The van der Waals surface area contributed by atoms with Gasteiger partial charge in [-0.3, -0.25) is 4.79 Å². The molecule has 0 spiro atoms. The van der Waals surface area contributed by atoms with Gasteiger partial charge in [0.15, 0.2) is 0 Å². The van der Waals surface area contributed by atoms with Crippen LogP contribution in [-0.4, -0.2) is 59.1 Å². The largest absolute Gasteiger partial charge is 0.374 e. The number of amides is 1. The Morgan fingerprint density at radius 2 is 2.06 bits per heavy atom. The van der Waals surface area contributed by atoms with Crippen LogP contribution in [0.3, 0.4) is 0 Å². The van der Waals surface area contributed by atoms with E-state index in [1.54, 1.807) is 0 Å². The molecule has 1 aromatic rings. The molecule has 2 heterocycles. The molecule has 1 aliphatic heterocycles. The van der Waals surface area contributed by atoms with E-state index in [4.69, 9.17) is 5.73 Å². The second kappa shape index (κ2) is 4.97. The number of anilines is 1. The summed E-state index contributed by atoms with van der Waals surface area (Å²) in [5.41, 5.74) is 5.48. The van der Waals surface area contributed by atoms with Crippen molar-refractivity contribution in [1.82, 2.24) is 20.0 Å². The fraction of sp³-hybridized carbons (Fsp3) is 0.700. The number of nitrogens with zero attached hydrogens (tertiary/aromatic N) is 4. The molecule has 1 saturated heterocycles. The minimum absolute atomic E-state index is 0.0450. The molecule has 0 unspecified atom stereocenters. The molecular weight excluding hydrogens is 238 g/mol. The van der Waals surface area contributed by atoms with Crippen molar-refractivity contribution in [1.29, 1.82) is 0 Å². The van der Waals surface area contributed by atoms with Crippen LogP contribution >= 0.6 is 11.3 Å². The summed E-state index contributed by atoms with van der Waals surface area (Å²) in [6.07, 6.45) is 2.01. The van der Waals surface area contributed by atoms with Crippen LogP contribution in [0.15, 0.2) is 0 Å². The Balaban J connectivity index is 1.95. The van der Waals surface area contributed by atoms with E-state index in [2.05, 4.69) is 29.2 Å². The molecule has 0 bridgehead atoms. The molecular formula is C10H17N5OS. The van der Waals surface area contributed by atoms with Gasteiger partial charge in [0.05, 0.1) is 0 Å². The van der Waals surface area contributed by atoms with Crippen LogP contribution < -0.4 is 5.73 Å². The number of nitrogen functional groups attached to an aromatic ring is 1. The van der Waals surface area contributed by atoms with Crippen LogP contribution in [0.25, 0.3) is 0 Å². The highest BCUT2D eigenvalue weighted by molar-refractivity contribution is 7.16. The van der Waals surface area contributed by atoms with Crippen molar-refractivity contribution < 1.29 is 4.79 Å². The van der Waals surface area contributed by atoms with Crippen LogP contribution in [0.2, 0.25) is 0 Å². The predicted molar refractivity (Wildman–Crippen MR) is 66.9 cm³/mol. The lowest BCUT2D eigenvalue weighted by molar-refractivity contribution is 0.0662. The van der Waals surface area contributed by atoms with E-state index in [0.717, 1.165) is 37.3 Å². The van der Waals surface area contributed by atoms with Crippen molar-refractivity contribution >= 4 is 22.4 Å². The number of rotatable bonds is 2. The van der Waals surface area contributed by atoms with Crippen molar-refractivity contribution in [3.63, 3.8) is 0 Å². The number of hydrogen-bond donors (Lipinski definition) is 1. The van der Waals surface area contributed by atoms with Gasteiger partial charge in [-0.15, -0.1) is 10.2 Å². The zero-order valence-corrected chi connectivity index (χ0v) is 10.9. The van der Waals surface area contributed by atoms with Gasteiger partial charge in [0, 0.05) is 19.1 Å². The maximum absolute atomic E-state index is 12.1. The first-order valence-electron chi connectivity index (χ1n) is 5.62. The minimum Gasteiger partial charge on any atom is -0.374 e. The highest BCUT2D eigenvalue weighted by atomic mass is 32.1. The third-order valence-electron chi connectivity index (χ3n) is 3.11. The van der Waals surface area contributed by atoms with Gasteiger partial charge in [-0.05, 0) is 26.9 Å². The summed E-state index contributed by atoms with van der Waals surface area (Å²) in [4.78, 5) is 16.1. The van der Waals surface area contributed by atoms with Crippen LogP contribution in [0.4, 0.5) is 5.13 Å². The maximum atomic E-state index is 12.1. The van der Waals surface area contributed by atoms with Gasteiger partial charge in [-0.1, -0.05) is 11.3 Å². The average Bonchev–Trinajstić information content (AvgIpc) is 2.75. The van der Waals surface area contributed by atoms with Crippen LogP contribution in [-0.2, 0) is 0 Å². The first-order chi connectivity index (χ1) is 8.08. The quantitative estimate of drug-likeness (QED) is 0.822. The highest BCUT2D eigenvalue weighted by Crippen LogP contribution is 2.19. The summed E-state index contributed by atoms with van der Waals surface area (Å²) in [7, 11) is 4.15. The van der Waals surface area contributed by atoms with E-state index in [9.17, 15) is 4.79 Å². The van der Waals surface area contributed by atoms with Crippen molar-refractivity contribution in [3.8, 4) is 0 Å². The Labute approximate surface area is 104 Å². The zero-order valence-electron chi connectivity index (χ0n) is 10.1. The summed E-state index contributed by atoms with van der Waals surface area (Å²) < 4.78 is 0. The molecule has 0 radical (unpaired) electrons. The summed E-state index contributed by atoms with van der Waals surface area (Å²) in [5.74, 6) is -0.0450. The van der Waals surface area contributed by atoms with Gasteiger partial charge in [-0.25, -0.2) is 0 Å². The Morgan fingerprint density at radius 1 is 1.41 bits per heavy atom. The number of carbonyl (C=O) groups is 1. The van der Waals surface area contributed by atoms with E-state index < -0.39 is 0 Å². The Hall–Kier alpha value is -1.21. The van der Waals surface area contributed by atoms with Gasteiger partial charge in [0.2, 0.25) is 10.1 Å². The number of nitrogens with two attached hydrogens (primary N) is 1. The van der Waals surface area contributed by atoms with Gasteiger partial charge < -0.3 is 15.5 Å². The van der Waals surface area contributed by atoms with Gasteiger partial charge in [0.1, 0.15) is 0 Å². The summed E-state index contributed by atoms with van der Waals surface area (Å²) in [5, 5.41) is 8.19. The smallest absolute Gasteiger partial charge is 0.284 e. The van der Waals surface area contributed by atoms with E-state index in [1.807, 2.05) is 4.90 Å². The molecule has 1 amide bonds. The summed E-state index contributed by atoms with van der Waals surface area (Å²) in [6.45, 7) is 1.56. The number of hydrogen-bond acceptors (Lipinski definition) is 6. The molecule has 6 nitrogen and oxygen atoms in total. The normalized spacial score (nSPS) is 17.7. The van der Waals surface area contributed by atoms with E-state index in [-0.39, 0.29) is 5.91 Å². The molecule has 1 fully saturated rings. The Bertz CT molecular complexity index is 397. The Morgan fingerprint density at radius 3 is 2.53 bits per heavy atom. The monoisotopic (exact) mass is 255 g/mol. The lowest BCUT2D eigenvalue weighted by Gasteiger charge is -2.34. The molecule has 7 heteroatoms. The first-order valence-corrected chi connectivity index (χ1v) is 6.44. The minimum atomic E-state index is -0.0450. The van der Waals surface area contributed by atoms with Crippen LogP contribution in [0, 0.1) is 0 Å². The maximum Gasteiger partial charge on any atom is 0.284 e. The molecule has 0 aromatic carbocycles. The average molecular weight is 255 g/mol. The summed E-state index contributed by atoms with van der Waals surface area (Å²) in [6, 6.07) is 0.568. The molecule has 1 aliphatic rings. The molecule has 94 valence electrons. The second-order valence-corrected chi connectivity index (χ2v) is 5.44. The number of carbonyl (C=O) groups excluding carboxylic acids is 1. The highest BCUT2D eigenvalue weighted by Gasteiger charge is 2.26. The third kappa shape index (κ3) is 2.73. The molecule has 2 N–H and O–H groups in total. The lowest BCUT2D eigenvalue weighted by atomic mass is 10.0. The molecule has 17 heavy (non-hydrogen) atoms. The predicted octanol–water partition coefficient (Wildman–Crippen LogP) is 0.287. The van der Waals surface area contributed by atoms with Crippen molar-refractivity contribution in [3.05, 3.63) is 5.01 Å². The molecule has 0 atom stereocenters. The second-order valence-electron chi connectivity index (χ2n) is 4.43. The van der Waals surface area contributed by atoms with Crippen LogP contribution in [0.5, 0.6) is 0 Å². The Kier molecular flexibility index (Phi) is 3.58. The third-order valence-corrected chi connectivity index (χ3v) is 3.85. The first kappa shape index (κ1) is 12.3. The summed E-state index contributed by atoms with van der Waals surface area (Å²) >= 11 is 1.15. The molecule has 2 rings (SSSR count). The fourth-order valence-corrected chi connectivity index (χ4v) is 2.62. The fourth-order valence-electron chi connectivity index (χ4n) is 2.04. The number of aromatic nitrogens is 2. The zero-order chi connectivity index (χ0) is 12.4. The lowest BCUT2D eigenvalue weighted by Crippen LogP contribution is -2.44. The van der Waals surface area contributed by atoms with Gasteiger partial charge in [-0.2, -0.15) is 0 Å². The SMILES string of the molecule is CN(C)C1CCN(C(=O)c2nnc(N)s2)CC1. The number of piperidine rings is 1. The van der Waals surface area contributed by atoms with Crippen LogP contribution in [0.1, 0.15) is 22.6 Å². The van der Waals surface area contributed by atoms with Crippen molar-refractivity contribution in [2.45, 2.75) is 18.9 Å². The topological polar surface area (TPSA) is 75.3 Å². The van der Waals surface area contributed by atoms with E-state index >= 15 is 0 Å². The van der Waals surface area contributed by atoms with Crippen molar-refractivity contribution in [2.24, 2.45) is 0 Å². The van der Waals surface area contributed by atoms with Gasteiger partial charge >= 0.3 is 0 Å². The molecule has 0 aliphatic carbocycles. The standard InChI is InChI=1S/C10H17N5OS/c1-14(2)7-3-5-15(6-4-7)9(16)8-12-13-10(11)17-8/h7H,3-6H2,1-2H3,(H2,11,13). The van der Waals surface area contributed by atoms with E-state index in [0.29, 0.717) is 16.2 Å². The van der Waals surface area contributed by atoms with E-state index in [1.165, 1.54) is 0 Å².